The van der Waals surface area contributed by atoms with Crippen LogP contribution in [-0.2, 0) is 17.9 Å². The molecule has 0 unspecified atom stereocenters. The van der Waals surface area contributed by atoms with Gasteiger partial charge in [-0.3, -0.25) is 9.78 Å². The Balaban J connectivity index is 1.39. The molecule has 0 aliphatic carbocycles. The first kappa shape index (κ1) is 17.5. The summed E-state index contributed by atoms with van der Waals surface area (Å²) in [5.41, 5.74) is 1.60. The molecule has 8 nitrogen and oxygen atoms in total. The molecule has 0 bridgehead atoms. The predicted octanol–water partition coefficient (Wildman–Crippen LogP) is 2.45. The smallest absolute Gasteiger partial charge is 0.259 e. The topological polar surface area (TPSA) is 98.7 Å². The molecule has 3 aromatic heterocycles. The van der Waals surface area contributed by atoms with E-state index in [0.717, 1.165) is 0 Å². The highest BCUT2D eigenvalue weighted by atomic mass is 19.1. The molecule has 3 heterocycles. The van der Waals surface area contributed by atoms with Gasteiger partial charge < -0.3 is 14.4 Å². The number of hydrogen-bond donors (Lipinski definition) is 1. The van der Waals surface area contributed by atoms with E-state index in [0.29, 0.717) is 28.5 Å². The summed E-state index contributed by atoms with van der Waals surface area (Å²) in [6.07, 6.45) is 6.41. The highest BCUT2D eigenvalue weighted by Crippen LogP contribution is 2.20. The molecule has 1 amide bonds. The monoisotopic (exact) mass is 378 g/mol. The Kier molecular flexibility index (Phi) is 4.87. The lowest BCUT2D eigenvalue weighted by atomic mass is 10.2. The fraction of sp³-hybridized carbons (Fsp3) is 0.105. The number of aromatic nitrogens is 5. The van der Waals surface area contributed by atoms with Gasteiger partial charge >= 0.3 is 0 Å². The average molecular weight is 378 g/mol. The van der Waals surface area contributed by atoms with Crippen LogP contribution in [0.25, 0.3) is 23.0 Å². The number of nitrogens with one attached hydrogen (secondary N) is 1. The number of imidazole rings is 1. The molecule has 0 saturated heterocycles. The number of rotatable bonds is 6. The summed E-state index contributed by atoms with van der Waals surface area (Å²) in [6.45, 7) is 0.154. The molecule has 140 valence electrons. The van der Waals surface area contributed by atoms with Gasteiger partial charge in [0.05, 0.1) is 11.9 Å². The van der Waals surface area contributed by atoms with Crippen molar-refractivity contribution in [2.45, 2.75) is 13.1 Å². The van der Waals surface area contributed by atoms with Gasteiger partial charge in [-0.15, -0.1) is 0 Å². The first-order valence-corrected chi connectivity index (χ1v) is 8.45. The molecule has 0 saturated carbocycles. The van der Waals surface area contributed by atoms with Gasteiger partial charge in [-0.05, 0) is 18.2 Å². The third-order valence-electron chi connectivity index (χ3n) is 3.96. The Morgan fingerprint density at radius 1 is 1.21 bits per heavy atom. The summed E-state index contributed by atoms with van der Waals surface area (Å²) >= 11 is 0. The van der Waals surface area contributed by atoms with Crippen molar-refractivity contribution in [3.63, 3.8) is 0 Å². The van der Waals surface area contributed by atoms with Gasteiger partial charge in [-0.1, -0.05) is 23.4 Å². The van der Waals surface area contributed by atoms with E-state index in [2.05, 4.69) is 25.4 Å². The first-order valence-electron chi connectivity index (χ1n) is 8.45. The molecular formula is C19H15FN6O2. The summed E-state index contributed by atoms with van der Waals surface area (Å²) in [5.74, 6) is 0.0234. The van der Waals surface area contributed by atoms with Gasteiger partial charge in [-0.25, -0.2) is 9.37 Å². The minimum absolute atomic E-state index is 0.0365. The molecule has 0 fully saturated rings. The first-order chi connectivity index (χ1) is 13.7. The summed E-state index contributed by atoms with van der Waals surface area (Å²) in [4.78, 5) is 24.6. The molecule has 4 aromatic rings. The lowest BCUT2D eigenvalue weighted by Crippen LogP contribution is -2.27. The van der Waals surface area contributed by atoms with Gasteiger partial charge in [0.1, 0.15) is 18.1 Å². The maximum atomic E-state index is 13.6. The van der Waals surface area contributed by atoms with E-state index < -0.39 is 0 Å². The average Bonchev–Trinajstić information content (AvgIpc) is 3.38. The molecule has 1 aromatic carbocycles. The summed E-state index contributed by atoms with van der Waals surface area (Å²) in [6, 6.07) is 9.88. The summed E-state index contributed by atoms with van der Waals surface area (Å²) < 4.78 is 20.4. The molecule has 1 N–H and O–H groups in total. The summed E-state index contributed by atoms with van der Waals surface area (Å²) in [5, 5.41) is 6.59. The van der Waals surface area contributed by atoms with Crippen LogP contribution in [0, 0.1) is 5.82 Å². The van der Waals surface area contributed by atoms with Crippen molar-refractivity contribution in [2.24, 2.45) is 0 Å². The van der Waals surface area contributed by atoms with Crippen molar-refractivity contribution >= 4 is 5.91 Å². The van der Waals surface area contributed by atoms with Crippen LogP contribution < -0.4 is 5.32 Å². The van der Waals surface area contributed by atoms with Crippen LogP contribution in [0.4, 0.5) is 4.39 Å². The Morgan fingerprint density at radius 2 is 2.11 bits per heavy atom. The van der Waals surface area contributed by atoms with Gasteiger partial charge in [0.25, 0.3) is 5.89 Å². The number of halogens is 1. The minimum Gasteiger partial charge on any atom is -0.350 e. The van der Waals surface area contributed by atoms with E-state index in [1.165, 1.54) is 12.4 Å². The number of pyridine rings is 1. The van der Waals surface area contributed by atoms with Crippen molar-refractivity contribution in [3.05, 3.63) is 72.7 Å². The van der Waals surface area contributed by atoms with E-state index in [1.54, 1.807) is 47.4 Å². The second-order valence-electron chi connectivity index (χ2n) is 5.96. The van der Waals surface area contributed by atoms with Gasteiger partial charge in [0.15, 0.2) is 0 Å². The van der Waals surface area contributed by atoms with Crippen LogP contribution >= 0.6 is 0 Å². The molecular weight excluding hydrogens is 363 g/mol. The van der Waals surface area contributed by atoms with Crippen molar-refractivity contribution < 1.29 is 13.7 Å². The number of hydrogen-bond acceptors (Lipinski definition) is 6. The zero-order valence-corrected chi connectivity index (χ0v) is 14.6. The van der Waals surface area contributed by atoms with Crippen LogP contribution in [-0.4, -0.2) is 30.6 Å². The van der Waals surface area contributed by atoms with Crippen molar-refractivity contribution in [2.75, 3.05) is 0 Å². The molecule has 9 heteroatoms. The predicted molar refractivity (Wildman–Crippen MR) is 97.0 cm³/mol. The SMILES string of the molecule is O=C(Cn1cnc(-c2noc(-c3cccnc3)n2)c1)NCc1ccccc1F. The number of carbonyl (C=O) groups is 1. The van der Waals surface area contributed by atoms with E-state index in [-0.39, 0.29) is 24.8 Å². The maximum absolute atomic E-state index is 13.6. The zero-order valence-electron chi connectivity index (χ0n) is 14.6. The van der Waals surface area contributed by atoms with Crippen LogP contribution in [0.5, 0.6) is 0 Å². The molecule has 0 aliphatic heterocycles. The van der Waals surface area contributed by atoms with E-state index in [4.69, 9.17) is 4.52 Å². The number of amides is 1. The zero-order chi connectivity index (χ0) is 19.3. The third-order valence-corrected chi connectivity index (χ3v) is 3.96. The number of benzene rings is 1. The fourth-order valence-electron chi connectivity index (χ4n) is 2.55. The van der Waals surface area contributed by atoms with Crippen molar-refractivity contribution in [3.8, 4) is 23.0 Å². The summed E-state index contributed by atoms with van der Waals surface area (Å²) in [7, 11) is 0. The molecule has 0 atom stereocenters. The molecule has 0 aliphatic rings. The Morgan fingerprint density at radius 3 is 2.93 bits per heavy atom. The van der Waals surface area contributed by atoms with Crippen molar-refractivity contribution in [1.82, 2.24) is 30.0 Å². The van der Waals surface area contributed by atoms with Crippen LogP contribution in [0.3, 0.4) is 0 Å². The molecule has 0 radical (unpaired) electrons. The van der Waals surface area contributed by atoms with Crippen LogP contribution in [0.2, 0.25) is 0 Å². The minimum atomic E-state index is -0.353. The standard InChI is InChI=1S/C19H15FN6O2/c20-15-6-2-1-4-13(15)9-22-17(27)11-26-10-16(23-12-26)18-24-19(28-25-18)14-5-3-7-21-8-14/h1-8,10,12H,9,11H2,(H,22,27). The molecule has 0 spiro atoms. The molecule has 4 rings (SSSR count). The van der Waals surface area contributed by atoms with Crippen molar-refractivity contribution in [1.29, 1.82) is 0 Å². The van der Waals surface area contributed by atoms with Gasteiger partial charge in [-0.2, -0.15) is 4.98 Å². The highest BCUT2D eigenvalue weighted by molar-refractivity contribution is 5.75. The highest BCUT2D eigenvalue weighted by Gasteiger charge is 2.14. The lowest BCUT2D eigenvalue weighted by Gasteiger charge is -2.06. The van der Waals surface area contributed by atoms with Crippen LogP contribution in [0.1, 0.15) is 5.56 Å². The second-order valence-corrected chi connectivity index (χ2v) is 5.96. The van der Waals surface area contributed by atoms with Crippen LogP contribution in [0.15, 0.2) is 65.8 Å². The lowest BCUT2D eigenvalue weighted by molar-refractivity contribution is -0.121. The number of nitrogens with zero attached hydrogens (tertiary/aromatic N) is 5. The van der Waals surface area contributed by atoms with Gasteiger partial charge in [0.2, 0.25) is 11.7 Å². The second kappa shape index (κ2) is 7.78. The Hall–Kier alpha value is -3.88. The normalized spacial score (nSPS) is 10.8. The third kappa shape index (κ3) is 3.93. The number of carbonyl (C=O) groups excluding carboxylic acids is 1. The van der Waals surface area contributed by atoms with E-state index >= 15 is 0 Å². The van der Waals surface area contributed by atoms with E-state index in [1.807, 2.05) is 6.07 Å². The Labute approximate surface area is 159 Å². The maximum Gasteiger partial charge on any atom is 0.259 e. The largest absolute Gasteiger partial charge is 0.350 e. The quantitative estimate of drug-likeness (QED) is 0.553. The fourth-order valence-corrected chi connectivity index (χ4v) is 2.55. The van der Waals surface area contributed by atoms with Gasteiger partial charge in [0, 0.05) is 30.7 Å². The Bertz CT molecular complexity index is 1090. The van der Waals surface area contributed by atoms with E-state index in [9.17, 15) is 9.18 Å². The molecule has 28 heavy (non-hydrogen) atoms.